The van der Waals surface area contributed by atoms with Crippen molar-refractivity contribution in [3.63, 3.8) is 0 Å². The average molecular weight is 840 g/mol. The molecule has 10 aromatic carbocycles. The smallest absolute Gasteiger partial charge is 0.160 e. The Hall–Kier alpha value is -8.66. The number of hydrogen-bond donors (Lipinski definition) is 0. The topological polar surface area (TPSA) is 30.7 Å². The number of fused-ring (bicyclic) bond motifs is 7. The van der Waals surface area contributed by atoms with Gasteiger partial charge in [0.1, 0.15) is 0 Å². The van der Waals surface area contributed by atoms with Gasteiger partial charge in [0.15, 0.2) is 5.82 Å². The van der Waals surface area contributed by atoms with E-state index in [-0.39, 0.29) is 0 Å². The fourth-order valence-electron chi connectivity index (χ4n) is 11.0. The highest BCUT2D eigenvalue weighted by Gasteiger charge is 2.46. The first-order valence-electron chi connectivity index (χ1n) is 22.7. The molecular formula is C63H41N3. The first-order valence-corrected chi connectivity index (χ1v) is 22.7. The molecule has 13 rings (SSSR count). The standard InChI is InChI=1S/C63H41N3/c1-5-21-42(22-6-1)62-64-56(41-57(65-62)52-34-20-38-59-61(52)53-32-16-18-37-58(53)66(59)45-27-11-4-12-28-45)49-40-39-48(46-29-13-14-30-47(46)49)50-33-19-36-55-60(50)51-31-15-17-35-54(51)63(55,43-23-7-2-8-24-43)44-25-9-3-10-26-44/h1-41H. The summed E-state index contributed by atoms with van der Waals surface area (Å²) in [5.41, 5.74) is 17.8. The molecule has 1 aliphatic rings. The van der Waals surface area contributed by atoms with Gasteiger partial charge in [-0.1, -0.05) is 218 Å². The number of hydrogen-bond acceptors (Lipinski definition) is 2. The fraction of sp³-hybridized carbons (Fsp3) is 0.0159. The Morgan fingerprint density at radius 1 is 0.333 bits per heavy atom. The molecule has 2 heterocycles. The normalized spacial score (nSPS) is 12.7. The van der Waals surface area contributed by atoms with E-state index in [4.69, 9.17) is 9.97 Å². The van der Waals surface area contributed by atoms with E-state index in [0.29, 0.717) is 5.82 Å². The Morgan fingerprint density at radius 3 is 1.56 bits per heavy atom. The van der Waals surface area contributed by atoms with Gasteiger partial charge in [0.05, 0.1) is 27.8 Å². The van der Waals surface area contributed by atoms with Crippen LogP contribution in [0.15, 0.2) is 249 Å². The van der Waals surface area contributed by atoms with Gasteiger partial charge in [-0.05, 0) is 85.6 Å². The minimum absolute atomic E-state index is 0.484. The molecule has 0 spiro atoms. The van der Waals surface area contributed by atoms with Gasteiger partial charge in [0, 0.05) is 33.2 Å². The van der Waals surface area contributed by atoms with E-state index in [1.807, 2.05) is 6.07 Å². The molecule has 0 aliphatic heterocycles. The van der Waals surface area contributed by atoms with Gasteiger partial charge in [-0.3, -0.25) is 0 Å². The SMILES string of the molecule is c1ccc(-c2nc(-c3ccc(-c4cccc5c4-c4ccccc4C5(c4ccccc4)c4ccccc4)c4ccccc34)cc(-c3cccc4c3c3ccccc3n4-c3ccccc3)n2)cc1. The molecule has 0 amide bonds. The molecule has 3 heteroatoms. The molecule has 3 nitrogen and oxygen atoms in total. The van der Waals surface area contributed by atoms with Crippen molar-refractivity contribution >= 4 is 32.6 Å². The summed E-state index contributed by atoms with van der Waals surface area (Å²) in [6.45, 7) is 0. The summed E-state index contributed by atoms with van der Waals surface area (Å²) < 4.78 is 2.36. The first-order chi connectivity index (χ1) is 32.8. The number of nitrogens with zero attached hydrogens (tertiary/aromatic N) is 3. The predicted molar refractivity (Wildman–Crippen MR) is 273 cm³/mol. The summed E-state index contributed by atoms with van der Waals surface area (Å²) in [5, 5.41) is 4.66. The minimum Gasteiger partial charge on any atom is -0.309 e. The molecule has 0 atom stereocenters. The van der Waals surface area contributed by atoms with Crippen LogP contribution >= 0.6 is 0 Å². The van der Waals surface area contributed by atoms with E-state index in [0.717, 1.165) is 50.2 Å². The van der Waals surface area contributed by atoms with Crippen LogP contribution in [0.4, 0.5) is 0 Å². The van der Waals surface area contributed by atoms with Crippen LogP contribution < -0.4 is 0 Å². The second-order valence-corrected chi connectivity index (χ2v) is 17.2. The molecule has 0 fully saturated rings. The molecule has 66 heavy (non-hydrogen) atoms. The third-order valence-corrected chi connectivity index (χ3v) is 13.7. The molecule has 0 unspecified atom stereocenters. The Balaban J connectivity index is 1.04. The van der Waals surface area contributed by atoms with Crippen molar-refractivity contribution in [2.45, 2.75) is 5.41 Å². The lowest BCUT2D eigenvalue weighted by Gasteiger charge is -2.34. The fourth-order valence-corrected chi connectivity index (χ4v) is 11.0. The van der Waals surface area contributed by atoms with E-state index in [1.54, 1.807) is 0 Å². The number of benzene rings is 10. The van der Waals surface area contributed by atoms with E-state index in [1.165, 1.54) is 60.7 Å². The summed E-state index contributed by atoms with van der Waals surface area (Å²) in [5.74, 6) is 0.690. The molecule has 0 bridgehead atoms. The van der Waals surface area contributed by atoms with Crippen LogP contribution in [0, 0.1) is 0 Å². The Kier molecular flexibility index (Phi) is 8.75. The molecule has 0 saturated carbocycles. The van der Waals surface area contributed by atoms with Crippen molar-refractivity contribution in [1.29, 1.82) is 0 Å². The number of para-hydroxylation sites is 2. The minimum atomic E-state index is -0.484. The second-order valence-electron chi connectivity index (χ2n) is 17.2. The van der Waals surface area contributed by atoms with Crippen molar-refractivity contribution in [3.8, 4) is 61.8 Å². The zero-order chi connectivity index (χ0) is 43.6. The first kappa shape index (κ1) is 37.9. The summed E-state index contributed by atoms with van der Waals surface area (Å²) in [6.07, 6.45) is 0. The van der Waals surface area contributed by atoms with Gasteiger partial charge in [-0.2, -0.15) is 0 Å². The van der Waals surface area contributed by atoms with Gasteiger partial charge in [0.2, 0.25) is 0 Å². The van der Waals surface area contributed by atoms with Crippen LogP contribution in [0.25, 0.3) is 94.4 Å². The molecule has 2 aromatic heterocycles. The van der Waals surface area contributed by atoms with Crippen LogP contribution in [0.2, 0.25) is 0 Å². The van der Waals surface area contributed by atoms with Gasteiger partial charge in [-0.25, -0.2) is 9.97 Å². The highest BCUT2D eigenvalue weighted by molar-refractivity contribution is 6.16. The molecular weight excluding hydrogens is 799 g/mol. The quantitative estimate of drug-likeness (QED) is 0.160. The van der Waals surface area contributed by atoms with Crippen molar-refractivity contribution in [2.24, 2.45) is 0 Å². The van der Waals surface area contributed by atoms with Crippen LogP contribution in [0.1, 0.15) is 22.3 Å². The van der Waals surface area contributed by atoms with Crippen LogP contribution in [-0.4, -0.2) is 14.5 Å². The Labute approximate surface area is 383 Å². The second kappa shape index (κ2) is 15.3. The number of aromatic nitrogens is 3. The Morgan fingerprint density at radius 2 is 0.833 bits per heavy atom. The Bertz CT molecular complexity index is 3760. The molecule has 0 N–H and O–H groups in total. The van der Waals surface area contributed by atoms with Crippen molar-refractivity contribution < 1.29 is 0 Å². The van der Waals surface area contributed by atoms with Crippen LogP contribution in [0.5, 0.6) is 0 Å². The maximum atomic E-state index is 5.40. The highest BCUT2D eigenvalue weighted by Crippen LogP contribution is 2.58. The molecule has 0 radical (unpaired) electrons. The lowest BCUT2D eigenvalue weighted by atomic mass is 9.67. The molecule has 308 valence electrons. The molecule has 1 aliphatic carbocycles. The summed E-state index contributed by atoms with van der Waals surface area (Å²) >= 11 is 0. The van der Waals surface area contributed by atoms with E-state index < -0.39 is 5.41 Å². The lowest BCUT2D eigenvalue weighted by molar-refractivity contribution is 0.768. The summed E-state index contributed by atoms with van der Waals surface area (Å²) in [6, 6.07) is 89.9. The van der Waals surface area contributed by atoms with Crippen molar-refractivity contribution in [2.75, 3.05) is 0 Å². The van der Waals surface area contributed by atoms with Gasteiger partial charge < -0.3 is 4.57 Å². The lowest BCUT2D eigenvalue weighted by Crippen LogP contribution is -2.28. The third-order valence-electron chi connectivity index (χ3n) is 13.7. The van der Waals surface area contributed by atoms with Crippen LogP contribution in [0.3, 0.4) is 0 Å². The predicted octanol–water partition coefficient (Wildman–Crippen LogP) is 15.8. The largest absolute Gasteiger partial charge is 0.309 e. The maximum absolute atomic E-state index is 5.40. The van der Waals surface area contributed by atoms with Crippen molar-refractivity contribution in [3.05, 3.63) is 271 Å². The summed E-state index contributed by atoms with van der Waals surface area (Å²) in [4.78, 5) is 10.8. The zero-order valence-electron chi connectivity index (χ0n) is 36.0. The van der Waals surface area contributed by atoms with E-state index >= 15 is 0 Å². The van der Waals surface area contributed by atoms with Gasteiger partial charge in [0.25, 0.3) is 0 Å². The number of rotatable bonds is 7. The zero-order valence-corrected chi connectivity index (χ0v) is 36.0. The monoisotopic (exact) mass is 839 g/mol. The molecule has 12 aromatic rings. The summed E-state index contributed by atoms with van der Waals surface area (Å²) in [7, 11) is 0. The third kappa shape index (κ3) is 5.70. The van der Waals surface area contributed by atoms with Crippen molar-refractivity contribution in [1.82, 2.24) is 14.5 Å². The molecule has 0 saturated heterocycles. The maximum Gasteiger partial charge on any atom is 0.160 e. The van der Waals surface area contributed by atoms with Crippen LogP contribution in [-0.2, 0) is 5.41 Å². The van der Waals surface area contributed by atoms with Gasteiger partial charge in [-0.15, -0.1) is 0 Å². The average Bonchev–Trinajstić information content (AvgIpc) is 3.90. The van der Waals surface area contributed by atoms with E-state index in [9.17, 15) is 0 Å². The van der Waals surface area contributed by atoms with Gasteiger partial charge >= 0.3 is 0 Å². The highest BCUT2D eigenvalue weighted by atomic mass is 15.0. The van der Waals surface area contributed by atoms with E-state index in [2.05, 4.69) is 247 Å².